The summed E-state index contributed by atoms with van der Waals surface area (Å²) in [6.07, 6.45) is 22.0. The second-order valence-corrected chi connectivity index (χ2v) is 15.0. The first kappa shape index (κ1) is 32.0. The molecule has 0 bridgehead atoms. The summed E-state index contributed by atoms with van der Waals surface area (Å²) in [5, 5.41) is 22.6. The smallest absolute Gasteiger partial charge is 0.119 e. The van der Waals surface area contributed by atoms with Crippen LogP contribution in [0, 0.1) is 0 Å². The largest absolute Gasteiger partial charge is 0.508 e. The lowest BCUT2D eigenvalue weighted by Crippen LogP contribution is -2.26. The molecule has 0 atom stereocenters. The number of aromatic hydroxyl groups is 2. The summed E-state index contributed by atoms with van der Waals surface area (Å²) in [6, 6.07) is 8.93. The van der Waals surface area contributed by atoms with E-state index in [4.69, 9.17) is 0 Å². The van der Waals surface area contributed by atoms with E-state index in [1.165, 1.54) is 99.3 Å². The fourth-order valence-corrected chi connectivity index (χ4v) is 8.41. The highest BCUT2D eigenvalue weighted by Gasteiger charge is 2.56. The van der Waals surface area contributed by atoms with Crippen molar-refractivity contribution in [2.75, 3.05) is 0 Å². The van der Waals surface area contributed by atoms with Crippen LogP contribution < -0.4 is 0 Å². The maximum atomic E-state index is 11.3. The minimum Gasteiger partial charge on any atom is -0.508 e. The summed E-state index contributed by atoms with van der Waals surface area (Å²) in [5.74, 6) is 0.940. The van der Waals surface area contributed by atoms with E-state index in [1.54, 1.807) is 0 Å². The van der Waals surface area contributed by atoms with Gasteiger partial charge >= 0.3 is 0 Å². The van der Waals surface area contributed by atoms with Gasteiger partial charge < -0.3 is 10.2 Å². The van der Waals surface area contributed by atoms with E-state index in [0.29, 0.717) is 11.5 Å². The van der Waals surface area contributed by atoms with Crippen LogP contribution in [0.2, 0.25) is 0 Å². The highest BCUT2D eigenvalue weighted by Crippen LogP contribution is 2.64. The molecule has 0 amide bonds. The lowest BCUT2D eigenvalue weighted by molar-refractivity contribution is 0.348. The summed E-state index contributed by atoms with van der Waals surface area (Å²) in [6.45, 7) is 14.1. The third kappa shape index (κ3) is 7.00. The SMILES string of the molecule is CCCCCCCCCc1cc2c(cc1O)C1(CC2(C)C)CC(C)(C)c2cc(CCCCCCCCC)c(O)cc21. The number of hydrogen-bond acceptors (Lipinski definition) is 2. The van der Waals surface area contributed by atoms with Crippen molar-refractivity contribution in [1.29, 1.82) is 0 Å². The molecule has 228 valence electrons. The lowest BCUT2D eigenvalue weighted by atomic mass is 9.72. The molecule has 2 aliphatic rings. The van der Waals surface area contributed by atoms with Crippen molar-refractivity contribution < 1.29 is 10.2 Å². The summed E-state index contributed by atoms with van der Waals surface area (Å²) in [7, 11) is 0. The first-order valence-electron chi connectivity index (χ1n) is 17.3. The molecule has 4 rings (SSSR count). The monoisotopic (exact) mass is 560 g/mol. The van der Waals surface area contributed by atoms with Gasteiger partial charge in [-0.25, -0.2) is 0 Å². The highest BCUT2D eigenvalue weighted by atomic mass is 16.3. The molecule has 0 fully saturated rings. The fraction of sp³-hybridized carbons (Fsp3) is 0.692. The van der Waals surface area contributed by atoms with Crippen LogP contribution in [0.4, 0.5) is 0 Å². The number of fused-ring (bicyclic) bond motifs is 4. The average Bonchev–Trinajstić information content (AvgIpc) is 3.26. The van der Waals surface area contributed by atoms with E-state index >= 15 is 0 Å². The van der Waals surface area contributed by atoms with Gasteiger partial charge in [-0.15, -0.1) is 0 Å². The van der Waals surface area contributed by atoms with Gasteiger partial charge in [0, 0.05) is 5.41 Å². The number of aryl methyl sites for hydroxylation is 2. The van der Waals surface area contributed by atoms with E-state index in [0.717, 1.165) is 49.7 Å². The number of hydrogen-bond donors (Lipinski definition) is 2. The van der Waals surface area contributed by atoms with E-state index in [9.17, 15) is 10.2 Å². The van der Waals surface area contributed by atoms with Crippen molar-refractivity contribution in [2.24, 2.45) is 0 Å². The molecule has 2 nitrogen and oxygen atoms in total. The molecule has 0 aromatic heterocycles. The molecule has 0 heterocycles. The van der Waals surface area contributed by atoms with Gasteiger partial charge in [0.25, 0.3) is 0 Å². The Morgan fingerprint density at radius 1 is 0.488 bits per heavy atom. The van der Waals surface area contributed by atoms with Crippen molar-refractivity contribution in [1.82, 2.24) is 0 Å². The average molecular weight is 561 g/mol. The highest BCUT2D eigenvalue weighted by molar-refractivity contribution is 5.63. The Morgan fingerprint density at radius 2 is 0.829 bits per heavy atom. The molecular weight excluding hydrogens is 500 g/mol. The first-order chi connectivity index (χ1) is 19.6. The van der Waals surface area contributed by atoms with Crippen molar-refractivity contribution >= 4 is 0 Å². The molecular formula is C39H60O2. The third-order valence-corrected chi connectivity index (χ3v) is 10.5. The summed E-state index contributed by atoms with van der Waals surface area (Å²) < 4.78 is 0. The first-order valence-corrected chi connectivity index (χ1v) is 17.3. The molecule has 2 aromatic carbocycles. The van der Waals surface area contributed by atoms with Crippen LogP contribution >= 0.6 is 0 Å². The third-order valence-electron chi connectivity index (χ3n) is 10.5. The van der Waals surface area contributed by atoms with Crippen LogP contribution in [0.25, 0.3) is 0 Å². The molecule has 2 heteroatoms. The molecule has 41 heavy (non-hydrogen) atoms. The van der Waals surface area contributed by atoms with Crippen LogP contribution in [0.15, 0.2) is 24.3 Å². The maximum Gasteiger partial charge on any atom is 0.119 e. The normalized spacial score (nSPS) is 17.7. The van der Waals surface area contributed by atoms with E-state index in [-0.39, 0.29) is 16.2 Å². The van der Waals surface area contributed by atoms with Crippen LogP contribution in [0.3, 0.4) is 0 Å². The van der Waals surface area contributed by atoms with Crippen LogP contribution in [-0.2, 0) is 29.1 Å². The minimum absolute atomic E-state index is 0.0295. The van der Waals surface area contributed by atoms with Gasteiger partial charge in [-0.3, -0.25) is 0 Å². The number of phenolic OH excluding ortho intramolecular Hbond substituents is 2. The number of phenols is 2. The number of benzene rings is 2. The van der Waals surface area contributed by atoms with Crippen molar-refractivity contribution in [3.63, 3.8) is 0 Å². The Labute approximate surface area is 252 Å². The Bertz CT molecular complexity index is 1060. The van der Waals surface area contributed by atoms with Crippen LogP contribution in [0.1, 0.15) is 178 Å². The van der Waals surface area contributed by atoms with E-state index in [1.807, 2.05) is 0 Å². The predicted octanol–water partition coefficient (Wildman–Crippen LogP) is 11.3. The lowest BCUT2D eigenvalue weighted by Gasteiger charge is -2.30. The van der Waals surface area contributed by atoms with Crippen molar-refractivity contribution in [3.8, 4) is 11.5 Å². The molecule has 2 aliphatic carbocycles. The maximum absolute atomic E-state index is 11.3. The minimum atomic E-state index is -0.151. The summed E-state index contributed by atoms with van der Waals surface area (Å²) in [4.78, 5) is 0. The van der Waals surface area contributed by atoms with Crippen molar-refractivity contribution in [3.05, 3.63) is 57.6 Å². The zero-order valence-electron chi connectivity index (χ0n) is 27.4. The quantitative estimate of drug-likeness (QED) is 0.200. The summed E-state index contributed by atoms with van der Waals surface area (Å²) >= 11 is 0. The predicted molar refractivity (Wildman–Crippen MR) is 176 cm³/mol. The molecule has 0 radical (unpaired) electrons. The zero-order valence-corrected chi connectivity index (χ0v) is 27.4. The van der Waals surface area contributed by atoms with E-state index in [2.05, 4.69) is 65.8 Å². The van der Waals surface area contributed by atoms with Crippen molar-refractivity contribution in [2.45, 2.75) is 173 Å². The number of unbranched alkanes of at least 4 members (excludes halogenated alkanes) is 12. The van der Waals surface area contributed by atoms with Crippen LogP contribution in [0.5, 0.6) is 11.5 Å². The summed E-state index contributed by atoms with van der Waals surface area (Å²) in [5.41, 5.74) is 7.56. The molecule has 1 spiro atoms. The molecule has 0 saturated carbocycles. The van der Waals surface area contributed by atoms with Gasteiger partial charge in [0.1, 0.15) is 11.5 Å². The second-order valence-electron chi connectivity index (χ2n) is 15.0. The van der Waals surface area contributed by atoms with Crippen LogP contribution in [-0.4, -0.2) is 10.2 Å². The van der Waals surface area contributed by atoms with Gasteiger partial charge in [-0.2, -0.15) is 0 Å². The topological polar surface area (TPSA) is 40.5 Å². The Kier molecular flexibility index (Phi) is 10.6. The van der Waals surface area contributed by atoms with Gasteiger partial charge in [0.2, 0.25) is 0 Å². The number of rotatable bonds is 16. The van der Waals surface area contributed by atoms with E-state index < -0.39 is 0 Å². The Balaban J connectivity index is 1.54. The standard InChI is InChI=1S/C39H60O2/c1-7-9-11-13-15-17-19-21-29-23-31-33(25-35(29)40)39(27-37(31,3)4)28-38(5,6)32-24-30(36(41)26-34(32)39)22-20-18-16-14-12-10-8-2/h23-26,40-41H,7-22,27-28H2,1-6H3. The Hall–Kier alpha value is -1.96. The Morgan fingerprint density at radius 3 is 1.20 bits per heavy atom. The zero-order chi connectivity index (χ0) is 29.7. The molecule has 2 N–H and O–H groups in total. The van der Waals surface area contributed by atoms with Gasteiger partial charge in [0.15, 0.2) is 0 Å². The fourth-order valence-electron chi connectivity index (χ4n) is 8.41. The molecule has 0 saturated heterocycles. The van der Waals surface area contributed by atoms with Gasteiger partial charge in [0.05, 0.1) is 0 Å². The molecule has 2 aromatic rings. The van der Waals surface area contributed by atoms with Gasteiger partial charge in [-0.05, 0) is 94.9 Å². The van der Waals surface area contributed by atoms with Gasteiger partial charge in [-0.1, -0.05) is 131 Å². The molecule has 0 unspecified atom stereocenters. The molecule has 0 aliphatic heterocycles. The second kappa shape index (κ2) is 13.6.